The third-order valence-electron chi connectivity index (χ3n) is 3.28. The van der Waals surface area contributed by atoms with Crippen LogP contribution in [0.1, 0.15) is 16.1 Å². The van der Waals surface area contributed by atoms with E-state index < -0.39 is 0 Å². The second-order valence-electron chi connectivity index (χ2n) is 4.82. The molecule has 0 saturated heterocycles. The Bertz CT molecular complexity index is 865. The molecule has 3 aromatic heterocycles. The number of aryl methyl sites for hydroxylation is 1. The molecule has 0 aliphatic carbocycles. The summed E-state index contributed by atoms with van der Waals surface area (Å²) in [4.78, 5) is 16.6. The fourth-order valence-electron chi connectivity index (χ4n) is 2.10. The van der Waals surface area contributed by atoms with Crippen LogP contribution in [0, 0.1) is 0 Å². The molecule has 3 N–H and O–H groups in total. The Balaban J connectivity index is 0.00000208. The highest BCUT2D eigenvalue weighted by atomic mass is 127. The van der Waals surface area contributed by atoms with Gasteiger partial charge in [-0.1, -0.05) is 11.6 Å². The van der Waals surface area contributed by atoms with E-state index in [1.807, 2.05) is 5.38 Å². The number of pyridine rings is 1. The van der Waals surface area contributed by atoms with Crippen LogP contribution >= 0.6 is 22.9 Å². The summed E-state index contributed by atoms with van der Waals surface area (Å²) in [7, 11) is 1.75. The highest BCUT2D eigenvalue weighted by Gasteiger charge is 2.19. The van der Waals surface area contributed by atoms with Gasteiger partial charge in [-0.3, -0.25) is 15.2 Å². The molecular weight excluding hydrogens is 463 g/mol. The first-order chi connectivity index (χ1) is 11.0. The van der Waals surface area contributed by atoms with Crippen molar-refractivity contribution in [1.29, 1.82) is 0 Å². The number of nitrogens with two attached hydrogens (primary N) is 1. The van der Waals surface area contributed by atoms with Gasteiger partial charge in [0, 0.05) is 18.5 Å². The van der Waals surface area contributed by atoms with E-state index in [4.69, 9.17) is 17.3 Å². The van der Waals surface area contributed by atoms with Gasteiger partial charge in [0.1, 0.15) is 17.9 Å². The van der Waals surface area contributed by atoms with Crippen LogP contribution in [0.25, 0.3) is 0 Å². The zero-order valence-corrected chi connectivity index (χ0v) is 16.3. The van der Waals surface area contributed by atoms with Crippen molar-refractivity contribution in [2.24, 2.45) is 7.05 Å². The first-order valence-corrected chi connectivity index (χ1v) is 7.97. The predicted octanol–water partition coefficient (Wildman–Crippen LogP) is -1.30. The summed E-state index contributed by atoms with van der Waals surface area (Å²) in [5.74, 6) is 0.657. The minimum Gasteiger partial charge on any atom is -1.00 e. The number of hydrogen-bond donors (Lipinski definition) is 2. The first kappa shape index (κ1) is 18.6. The molecular formula is C14H14ClIN6OS. The number of nitrogens with zero attached hydrogens (tertiary/aromatic N) is 4. The van der Waals surface area contributed by atoms with Gasteiger partial charge in [0.25, 0.3) is 11.7 Å². The number of nitrogen functional groups attached to an aromatic ring is 1. The first-order valence-electron chi connectivity index (χ1n) is 6.72. The maximum atomic E-state index is 12.4. The van der Waals surface area contributed by atoms with Crippen LogP contribution in [0.2, 0.25) is 4.47 Å². The maximum Gasteiger partial charge on any atom is 0.285 e. The van der Waals surface area contributed by atoms with Gasteiger partial charge in [-0.05, 0) is 12.1 Å². The number of thiazole rings is 1. The Kier molecular flexibility index (Phi) is 6.13. The highest BCUT2D eigenvalue weighted by molar-refractivity contribution is 7.13. The molecule has 0 fully saturated rings. The van der Waals surface area contributed by atoms with E-state index in [2.05, 4.69) is 15.4 Å². The second-order valence-corrected chi connectivity index (χ2v) is 6.26. The Morgan fingerprint density at radius 3 is 2.92 bits per heavy atom. The van der Waals surface area contributed by atoms with Crippen molar-refractivity contribution < 1.29 is 33.3 Å². The highest BCUT2D eigenvalue weighted by Crippen LogP contribution is 2.16. The zero-order valence-electron chi connectivity index (χ0n) is 12.6. The average molecular weight is 477 g/mol. The molecule has 0 aromatic carbocycles. The molecule has 24 heavy (non-hydrogen) atoms. The average Bonchev–Trinajstić information content (AvgIpc) is 3.10. The molecule has 126 valence electrons. The lowest BCUT2D eigenvalue weighted by Gasteiger charge is -2.08. The third kappa shape index (κ3) is 4.02. The van der Waals surface area contributed by atoms with Crippen molar-refractivity contribution in [2.75, 3.05) is 11.1 Å². The molecule has 0 spiro atoms. The standard InChI is InChI=1S/C14H13ClN6OS.HI/c1-20-11(4-5-17-20)19-13(22)10-3-2-6-21(12(10)16)7-9-8-23-14(15)18-9;/h2-6,8,16H,7H2,1H3,(H,17,19,22);1H. The van der Waals surface area contributed by atoms with Gasteiger partial charge in [0.2, 0.25) is 0 Å². The minimum absolute atomic E-state index is 0. The van der Waals surface area contributed by atoms with Crippen molar-refractivity contribution >= 4 is 40.5 Å². The molecule has 3 rings (SSSR count). The number of halogens is 2. The topological polar surface area (TPSA) is 89.7 Å². The van der Waals surface area contributed by atoms with Crippen LogP contribution in [-0.4, -0.2) is 20.7 Å². The van der Waals surface area contributed by atoms with Crippen molar-refractivity contribution in [3.8, 4) is 0 Å². The summed E-state index contributed by atoms with van der Waals surface area (Å²) in [6.45, 7) is 0.446. The number of rotatable bonds is 4. The van der Waals surface area contributed by atoms with Crippen molar-refractivity contribution in [3.05, 3.63) is 51.7 Å². The molecule has 0 bridgehead atoms. The Labute approximate surface area is 164 Å². The van der Waals surface area contributed by atoms with E-state index in [1.165, 1.54) is 11.3 Å². The number of hydrogen-bond acceptors (Lipinski definition) is 5. The molecule has 0 radical (unpaired) electrons. The molecule has 10 heteroatoms. The number of amides is 1. The van der Waals surface area contributed by atoms with E-state index in [9.17, 15) is 4.79 Å². The monoisotopic (exact) mass is 476 g/mol. The number of anilines is 2. The van der Waals surface area contributed by atoms with Crippen molar-refractivity contribution in [1.82, 2.24) is 14.8 Å². The SMILES string of the molecule is Cn1nccc1NC(=O)c1ccc[n+](Cc2csc(Cl)n2)c1N.[I-]. The summed E-state index contributed by atoms with van der Waals surface area (Å²) in [5, 5.41) is 8.64. The molecule has 0 atom stereocenters. The fourth-order valence-corrected chi connectivity index (χ4v) is 2.88. The second kappa shape index (κ2) is 7.90. The summed E-state index contributed by atoms with van der Waals surface area (Å²) >= 11 is 7.19. The van der Waals surface area contributed by atoms with E-state index >= 15 is 0 Å². The number of aromatic nitrogens is 4. The van der Waals surface area contributed by atoms with Gasteiger partial charge >= 0.3 is 0 Å². The molecule has 0 saturated carbocycles. The smallest absolute Gasteiger partial charge is 0.285 e. The third-order valence-corrected chi connectivity index (χ3v) is 4.30. The van der Waals surface area contributed by atoms with Crippen LogP contribution in [0.5, 0.6) is 0 Å². The summed E-state index contributed by atoms with van der Waals surface area (Å²) < 4.78 is 3.80. The molecule has 3 aromatic rings. The largest absolute Gasteiger partial charge is 1.00 e. The summed E-state index contributed by atoms with van der Waals surface area (Å²) in [6.07, 6.45) is 3.40. The number of nitrogens with one attached hydrogen (secondary N) is 1. The lowest BCUT2D eigenvalue weighted by Crippen LogP contribution is -3.00. The van der Waals surface area contributed by atoms with Crippen LogP contribution in [-0.2, 0) is 13.6 Å². The molecule has 3 heterocycles. The van der Waals surface area contributed by atoms with Crippen molar-refractivity contribution in [2.45, 2.75) is 6.54 Å². The van der Waals surface area contributed by atoms with E-state index in [1.54, 1.807) is 46.9 Å². The van der Waals surface area contributed by atoms with Gasteiger partial charge < -0.3 is 29.3 Å². The number of carbonyl (C=O) groups is 1. The Morgan fingerprint density at radius 2 is 2.29 bits per heavy atom. The van der Waals surface area contributed by atoms with E-state index in [0.717, 1.165) is 5.69 Å². The molecule has 0 aliphatic heterocycles. The Hall–Kier alpha value is -1.72. The minimum atomic E-state index is -0.295. The van der Waals surface area contributed by atoms with Crippen LogP contribution < -0.4 is 39.6 Å². The molecule has 7 nitrogen and oxygen atoms in total. The van der Waals surface area contributed by atoms with Crippen LogP contribution in [0.3, 0.4) is 0 Å². The van der Waals surface area contributed by atoms with Crippen molar-refractivity contribution in [3.63, 3.8) is 0 Å². The lowest BCUT2D eigenvalue weighted by atomic mass is 10.2. The van der Waals surface area contributed by atoms with Gasteiger partial charge in [-0.15, -0.1) is 11.3 Å². The van der Waals surface area contributed by atoms with Crippen LogP contribution in [0.4, 0.5) is 11.6 Å². The van der Waals surface area contributed by atoms with Gasteiger partial charge in [0.15, 0.2) is 4.47 Å². The van der Waals surface area contributed by atoms with E-state index in [0.29, 0.717) is 28.2 Å². The summed E-state index contributed by atoms with van der Waals surface area (Å²) in [6, 6.07) is 5.15. The van der Waals surface area contributed by atoms with Crippen LogP contribution in [0.15, 0.2) is 36.0 Å². The van der Waals surface area contributed by atoms with Gasteiger partial charge in [-0.25, -0.2) is 9.55 Å². The van der Waals surface area contributed by atoms with Gasteiger partial charge in [-0.2, -0.15) is 5.10 Å². The lowest BCUT2D eigenvalue weighted by molar-refractivity contribution is -0.674. The molecule has 0 aliphatic rings. The molecule has 0 unspecified atom stereocenters. The number of carbonyl (C=O) groups excluding carboxylic acids is 1. The van der Waals surface area contributed by atoms with Gasteiger partial charge in [0.05, 0.1) is 18.1 Å². The summed E-state index contributed by atoms with van der Waals surface area (Å²) in [5.41, 5.74) is 7.31. The maximum absolute atomic E-state index is 12.4. The molecule has 1 amide bonds. The quantitative estimate of drug-likeness (QED) is 0.362. The fraction of sp³-hybridized carbons (Fsp3) is 0.143. The normalized spacial score (nSPS) is 10.2. The Morgan fingerprint density at radius 1 is 1.50 bits per heavy atom. The zero-order chi connectivity index (χ0) is 16.4. The van der Waals surface area contributed by atoms with E-state index in [-0.39, 0.29) is 29.9 Å². The predicted molar refractivity (Wildman–Crippen MR) is 88.4 cm³/mol.